The molecule has 0 unspecified atom stereocenters. The summed E-state index contributed by atoms with van der Waals surface area (Å²) < 4.78 is 5.53. The van der Waals surface area contributed by atoms with Crippen LogP contribution in [0.1, 0.15) is 5.89 Å². The molecule has 74 valence electrons. The lowest BCUT2D eigenvalue weighted by atomic mass is 10.2. The summed E-state index contributed by atoms with van der Waals surface area (Å²) in [6.45, 7) is 1.80. The van der Waals surface area contributed by atoms with Gasteiger partial charge in [-0.05, 0) is 12.1 Å². The molecule has 15 heavy (non-hydrogen) atoms. The Labute approximate surface area is 85.7 Å². The summed E-state index contributed by atoms with van der Waals surface area (Å²) in [7, 11) is 0. The number of hydrogen-bond donors (Lipinski definition) is 1. The van der Waals surface area contributed by atoms with E-state index in [-0.39, 0.29) is 0 Å². The lowest BCUT2D eigenvalue weighted by Crippen LogP contribution is -1.92. The Kier molecular flexibility index (Phi) is 1.48. The zero-order chi connectivity index (χ0) is 10.4. The number of nitrogens with zero attached hydrogens (tertiary/aromatic N) is 2. The number of para-hydroxylation sites is 1. The molecule has 1 aromatic carbocycles. The summed E-state index contributed by atoms with van der Waals surface area (Å²) in [6, 6.07) is 7.72. The largest absolute Gasteiger partial charge is 0.440 e. The maximum Gasteiger partial charge on any atom is 0.192 e. The fourth-order valence-corrected chi connectivity index (χ4v) is 1.73. The van der Waals surface area contributed by atoms with E-state index in [4.69, 9.17) is 10.2 Å². The number of pyridine rings is 1. The smallest absolute Gasteiger partial charge is 0.192 e. The van der Waals surface area contributed by atoms with Gasteiger partial charge < -0.3 is 10.2 Å². The Morgan fingerprint density at radius 1 is 1.20 bits per heavy atom. The molecule has 0 atom stereocenters. The van der Waals surface area contributed by atoms with E-state index in [1.807, 2.05) is 24.3 Å². The normalized spacial score (nSPS) is 11.3. The van der Waals surface area contributed by atoms with Gasteiger partial charge in [-0.25, -0.2) is 9.97 Å². The van der Waals surface area contributed by atoms with Crippen molar-refractivity contribution in [2.24, 2.45) is 0 Å². The fraction of sp³-hybridized carbons (Fsp3) is 0.0909. The molecule has 2 aromatic heterocycles. The topological polar surface area (TPSA) is 64.9 Å². The molecular weight excluding hydrogens is 190 g/mol. The highest BCUT2D eigenvalue weighted by atomic mass is 16.3. The maximum absolute atomic E-state index is 5.80. The van der Waals surface area contributed by atoms with Crippen LogP contribution in [0, 0.1) is 6.92 Å². The van der Waals surface area contributed by atoms with Crippen molar-refractivity contribution in [2.75, 3.05) is 5.73 Å². The second-order valence-electron chi connectivity index (χ2n) is 3.42. The number of aryl methyl sites for hydroxylation is 1. The van der Waals surface area contributed by atoms with Crippen LogP contribution in [-0.2, 0) is 0 Å². The van der Waals surface area contributed by atoms with Crippen molar-refractivity contribution in [3.63, 3.8) is 0 Å². The lowest BCUT2D eigenvalue weighted by Gasteiger charge is -1.98. The average Bonchev–Trinajstić information content (AvgIpc) is 2.61. The molecule has 2 N–H and O–H groups in total. The highest BCUT2D eigenvalue weighted by Gasteiger charge is 2.11. The van der Waals surface area contributed by atoms with Gasteiger partial charge in [0.05, 0.1) is 5.52 Å². The highest BCUT2D eigenvalue weighted by molar-refractivity contribution is 6.04. The van der Waals surface area contributed by atoms with Crippen LogP contribution in [0.15, 0.2) is 28.7 Å². The van der Waals surface area contributed by atoms with Crippen LogP contribution in [0.25, 0.3) is 22.0 Å². The predicted molar refractivity (Wildman–Crippen MR) is 58.5 cm³/mol. The van der Waals surface area contributed by atoms with E-state index in [0.717, 1.165) is 16.5 Å². The second kappa shape index (κ2) is 2.70. The summed E-state index contributed by atoms with van der Waals surface area (Å²) in [6.07, 6.45) is 0. The van der Waals surface area contributed by atoms with Crippen LogP contribution in [0.2, 0.25) is 0 Å². The van der Waals surface area contributed by atoms with Crippen molar-refractivity contribution in [3.05, 3.63) is 30.2 Å². The number of fused-ring (bicyclic) bond motifs is 3. The molecule has 0 radical (unpaired) electrons. The van der Waals surface area contributed by atoms with E-state index in [0.29, 0.717) is 17.2 Å². The van der Waals surface area contributed by atoms with Crippen LogP contribution in [0.4, 0.5) is 5.82 Å². The van der Waals surface area contributed by atoms with Crippen molar-refractivity contribution >= 4 is 27.8 Å². The SMILES string of the molecule is Cc1nc2c(N)nc3ccccc3c2o1. The van der Waals surface area contributed by atoms with Crippen molar-refractivity contribution in [1.29, 1.82) is 0 Å². The van der Waals surface area contributed by atoms with Gasteiger partial charge in [0.1, 0.15) is 0 Å². The molecule has 0 aliphatic carbocycles. The number of anilines is 1. The van der Waals surface area contributed by atoms with E-state index in [9.17, 15) is 0 Å². The van der Waals surface area contributed by atoms with Crippen LogP contribution in [0.3, 0.4) is 0 Å². The molecule has 2 heterocycles. The minimum atomic E-state index is 0.417. The quantitative estimate of drug-likeness (QED) is 0.603. The minimum Gasteiger partial charge on any atom is -0.440 e. The molecule has 0 saturated carbocycles. The van der Waals surface area contributed by atoms with E-state index >= 15 is 0 Å². The number of aromatic nitrogens is 2. The molecule has 0 aliphatic rings. The van der Waals surface area contributed by atoms with E-state index < -0.39 is 0 Å². The van der Waals surface area contributed by atoms with E-state index in [2.05, 4.69) is 9.97 Å². The molecule has 0 spiro atoms. The van der Waals surface area contributed by atoms with Crippen LogP contribution < -0.4 is 5.73 Å². The predicted octanol–water partition coefficient (Wildman–Crippen LogP) is 2.27. The lowest BCUT2D eigenvalue weighted by molar-refractivity contribution is 0.563. The van der Waals surface area contributed by atoms with E-state index in [1.54, 1.807) is 6.92 Å². The zero-order valence-corrected chi connectivity index (χ0v) is 8.19. The number of benzene rings is 1. The third-order valence-corrected chi connectivity index (χ3v) is 2.37. The third kappa shape index (κ3) is 1.08. The van der Waals surface area contributed by atoms with Crippen LogP contribution >= 0.6 is 0 Å². The average molecular weight is 199 g/mol. The highest BCUT2D eigenvalue weighted by Crippen LogP contribution is 2.27. The Morgan fingerprint density at radius 3 is 2.87 bits per heavy atom. The summed E-state index contributed by atoms with van der Waals surface area (Å²) >= 11 is 0. The first-order valence-corrected chi connectivity index (χ1v) is 4.67. The Morgan fingerprint density at radius 2 is 2.00 bits per heavy atom. The Hall–Kier alpha value is -2.10. The van der Waals surface area contributed by atoms with Crippen LogP contribution in [-0.4, -0.2) is 9.97 Å². The zero-order valence-electron chi connectivity index (χ0n) is 8.19. The molecular formula is C11H9N3O. The van der Waals surface area contributed by atoms with Gasteiger partial charge in [-0.1, -0.05) is 12.1 Å². The van der Waals surface area contributed by atoms with Gasteiger partial charge >= 0.3 is 0 Å². The standard InChI is InChI=1S/C11H9N3O/c1-6-13-9-10(15-6)7-4-2-3-5-8(7)14-11(9)12/h2-5H,1H3,(H2,12,14). The first-order chi connectivity index (χ1) is 7.25. The third-order valence-electron chi connectivity index (χ3n) is 2.37. The summed E-state index contributed by atoms with van der Waals surface area (Å²) in [5.74, 6) is 1.02. The van der Waals surface area contributed by atoms with Crippen molar-refractivity contribution in [1.82, 2.24) is 9.97 Å². The van der Waals surface area contributed by atoms with Crippen molar-refractivity contribution in [2.45, 2.75) is 6.92 Å². The van der Waals surface area contributed by atoms with Gasteiger partial charge in [0, 0.05) is 12.3 Å². The van der Waals surface area contributed by atoms with Crippen molar-refractivity contribution in [3.8, 4) is 0 Å². The number of nitrogen functional groups attached to an aromatic ring is 1. The summed E-state index contributed by atoms with van der Waals surface area (Å²) in [5, 5.41) is 0.947. The van der Waals surface area contributed by atoms with Gasteiger partial charge in [0.2, 0.25) is 0 Å². The molecule has 0 bridgehead atoms. The molecule has 0 fully saturated rings. The first-order valence-electron chi connectivity index (χ1n) is 4.67. The van der Waals surface area contributed by atoms with Gasteiger partial charge in [-0.3, -0.25) is 0 Å². The summed E-state index contributed by atoms with van der Waals surface area (Å²) in [4.78, 5) is 8.48. The molecule has 3 rings (SSSR count). The molecule has 0 aliphatic heterocycles. The molecule has 4 nitrogen and oxygen atoms in total. The summed E-state index contributed by atoms with van der Waals surface area (Å²) in [5.41, 5.74) is 8.00. The number of oxazole rings is 1. The monoisotopic (exact) mass is 199 g/mol. The Bertz CT molecular complexity index is 657. The minimum absolute atomic E-state index is 0.417. The molecule has 4 heteroatoms. The number of hydrogen-bond acceptors (Lipinski definition) is 4. The van der Waals surface area contributed by atoms with Gasteiger partial charge in [0.25, 0.3) is 0 Å². The van der Waals surface area contributed by atoms with Gasteiger partial charge in [-0.2, -0.15) is 0 Å². The Balaban J connectivity index is 2.63. The van der Waals surface area contributed by atoms with Gasteiger partial charge in [-0.15, -0.1) is 0 Å². The number of nitrogens with two attached hydrogens (primary N) is 1. The van der Waals surface area contributed by atoms with E-state index in [1.165, 1.54) is 0 Å². The molecule has 3 aromatic rings. The van der Waals surface area contributed by atoms with Gasteiger partial charge in [0.15, 0.2) is 22.8 Å². The molecule has 0 amide bonds. The fourth-order valence-electron chi connectivity index (χ4n) is 1.73. The first kappa shape index (κ1) is 8.23. The molecule has 0 saturated heterocycles. The number of rotatable bonds is 0. The van der Waals surface area contributed by atoms with Crippen LogP contribution in [0.5, 0.6) is 0 Å². The van der Waals surface area contributed by atoms with Crippen molar-refractivity contribution < 1.29 is 4.42 Å². The second-order valence-corrected chi connectivity index (χ2v) is 3.42. The maximum atomic E-state index is 5.80.